The van der Waals surface area contributed by atoms with E-state index >= 15 is 0 Å². The minimum absolute atomic E-state index is 0.0284. The van der Waals surface area contributed by atoms with Crippen molar-refractivity contribution in [1.82, 2.24) is 15.0 Å². The van der Waals surface area contributed by atoms with E-state index in [-0.39, 0.29) is 6.54 Å². The topological polar surface area (TPSA) is 79.5 Å². The summed E-state index contributed by atoms with van der Waals surface area (Å²) >= 11 is 1.52. The van der Waals surface area contributed by atoms with Gasteiger partial charge >= 0.3 is 5.97 Å². The van der Waals surface area contributed by atoms with Crippen molar-refractivity contribution < 1.29 is 14.4 Å². The van der Waals surface area contributed by atoms with Crippen LogP contribution in [0.2, 0.25) is 0 Å². The molecule has 0 aromatic carbocycles. The average Bonchev–Trinajstić information content (AvgIpc) is 2.97. The smallest absolute Gasteiger partial charge is 0.317 e. The van der Waals surface area contributed by atoms with Crippen molar-refractivity contribution in [2.75, 3.05) is 13.1 Å². The number of hydrogen-bond donors (Lipinski definition) is 1. The first-order valence-corrected chi connectivity index (χ1v) is 6.37. The average molecular weight is 267 g/mol. The molecule has 0 radical (unpaired) electrons. The molecule has 0 saturated heterocycles. The molecule has 1 N–H and O–H groups in total. The molecule has 0 aliphatic rings. The molecule has 18 heavy (non-hydrogen) atoms. The fourth-order valence-corrected chi connectivity index (χ4v) is 2.13. The van der Waals surface area contributed by atoms with Crippen molar-refractivity contribution in [3.8, 4) is 10.8 Å². The van der Waals surface area contributed by atoms with E-state index in [1.54, 1.807) is 4.90 Å². The van der Waals surface area contributed by atoms with Gasteiger partial charge in [0.15, 0.2) is 5.82 Å². The fourth-order valence-electron chi connectivity index (χ4n) is 1.49. The quantitative estimate of drug-likeness (QED) is 0.858. The molecule has 0 fully saturated rings. The largest absolute Gasteiger partial charge is 0.480 e. The van der Waals surface area contributed by atoms with Gasteiger partial charge in [-0.25, -0.2) is 0 Å². The fraction of sp³-hybridized carbons (Fsp3) is 0.364. The maximum atomic E-state index is 10.6. The van der Waals surface area contributed by atoms with Crippen molar-refractivity contribution in [3.05, 3.63) is 23.3 Å². The summed E-state index contributed by atoms with van der Waals surface area (Å²) in [5, 5.41) is 14.5. The SMILES string of the molecule is CCN(CC(=O)O)Cc1noc(-c2cccs2)n1. The van der Waals surface area contributed by atoms with Crippen LogP contribution in [0.1, 0.15) is 12.7 Å². The number of carbonyl (C=O) groups is 1. The minimum atomic E-state index is -0.862. The van der Waals surface area contributed by atoms with Crippen LogP contribution in [0.15, 0.2) is 22.0 Å². The third-order valence-corrected chi connectivity index (χ3v) is 3.23. The lowest BCUT2D eigenvalue weighted by molar-refractivity contribution is -0.138. The lowest BCUT2D eigenvalue weighted by Crippen LogP contribution is -2.29. The molecule has 0 bridgehead atoms. The molecule has 6 nitrogen and oxygen atoms in total. The minimum Gasteiger partial charge on any atom is -0.480 e. The Kier molecular flexibility index (Phi) is 4.06. The van der Waals surface area contributed by atoms with Crippen LogP contribution in [-0.2, 0) is 11.3 Å². The molecule has 2 rings (SSSR count). The number of likely N-dealkylation sites (N-methyl/N-ethyl adjacent to an activating group) is 1. The van der Waals surface area contributed by atoms with E-state index in [1.165, 1.54) is 11.3 Å². The first kappa shape index (κ1) is 12.7. The molecule has 2 heterocycles. The van der Waals surface area contributed by atoms with Gasteiger partial charge in [-0.15, -0.1) is 11.3 Å². The summed E-state index contributed by atoms with van der Waals surface area (Å²) < 4.78 is 5.13. The Morgan fingerprint density at radius 3 is 3.06 bits per heavy atom. The van der Waals surface area contributed by atoms with Gasteiger partial charge < -0.3 is 9.63 Å². The number of aromatic nitrogens is 2. The van der Waals surface area contributed by atoms with Crippen molar-refractivity contribution in [2.24, 2.45) is 0 Å². The molecular weight excluding hydrogens is 254 g/mol. The Morgan fingerprint density at radius 2 is 2.44 bits per heavy atom. The number of rotatable bonds is 6. The number of carboxylic acid groups (broad SMARTS) is 1. The maximum Gasteiger partial charge on any atom is 0.317 e. The summed E-state index contributed by atoms with van der Waals surface area (Å²) in [6.45, 7) is 2.86. The second-order valence-electron chi connectivity index (χ2n) is 3.69. The number of thiophene rings is 1. The molecule has 0 unspecified atom stereocenters. The van der Waals surface area contributed by atoms with Crippen LogP contribution in [0.25, 0.3) is 10.8 Å². The van der Waals surface area contributed by atoms with Crippen LogP contribution in [0.4, 0.5) is 0 Å². The van der Waals surface area contributed by atoms with Gasteiger partial charge in [0.2, 0.25) is 0 Å². The monoisotopic (exact) mass is 267 g/mol. The Morgan fingerprint density at radius 1 is 1.61 bits per heavy atom. The van der Waals surface area contributed by atoms with Crippen LogP contribution >= 0.6 is 11.3 Å². The van der Waals surface area contributed by atoms with Gasteiger partial charge in [-0.1, -0.05) is 18.1 Å². The highest BCUT2D eigenvalue weighted by molar-refractivity contribution is 7.13. The summed E-state index contributed by atoms with van der Waals surface area (Å²) in [5.74, 6) is 0.117. The van der Waals surface area contributed by atoms with E-state index in [0.29, 0.717) is 24.8 Å². The van der Waals surface area contributed by atoms with Crippen molar-refractivity contribution in [3.63, 3.8) is 0 Å². The summed E-state index contributed by atoms with van der Waals surface area (Å²) in [6, 6.07) is 3.81. The zero-order valence-corrected chi connectivity index (χ0v) is 10.7. The first-order chi connectivity index (χ1) is 8.69. The van der Waals surface area contributed by atoms with E-state index in [2.05, 4.69) is 10.1 Å². The summed E-state index contributed by atoms with van der Waals surface area (Å²) in [4.78, 5) is 17.5. The molecule has 2 aromatic rings. The van der Waals surface area contributed by atoms with Gasteiger partial charge in [-0.3, -0.25) is 9.69 Å². The highest BCUT2D eigenvalue weighted by Gasteiger charge is 2.14. The number of carboxylic acids is 1. The molecule has 0 amide bonds. The van der Waals surface area contributed by atoms with Gasteiger partial charge in [0.25, 0.3) is 5.89 Å². The highest BCUT2D eigenvalue weighted by Crippen LogP contribution is 2.22. The first-order valence-electron chi connectivity index (χ1n) is 5.49. The van der Waals surface area contributed by atoms with Crippen LogP contribution < -0.4 is 0 Å². The maximum absolute atomic E-state index is 10.6. The third kappa shape index (κ3) is 3.14. The van der Waals surface area contributed by atoms with Crippen LogP contribution in [0.5, 0.6) is 0 Å². The second kappa shape index (κ2) is 5.74. The molecule has 0 atom stereocenters. The highest BCUT2D eigenvalue weighted by atomic mass is 32.1. The Balaban J connectivity index is 2.04. The van der Waals surface area contributed by atoms with Gasteiger partial charge in [0, 0.05) is 0 Å². The molecule has 0 spiro atoms. The number of nitrogens with zero attached hydrogens (tertiary/aromatic N) is 3. The molecule has 2 aromatic heterocycles. The zero-order valence-electron chi connectivity index (χ0n) is 9.87. The Labute approximate surface area is 108 Å². The van der Waals surface area contributed by atoms with Gasteiger partial charge in [-0.05, 0) is 18.0 Å². The molecule has 96 valence electrons. The summed E-state index contributed by atoms with van der Waals surface area (Å²) in [5.41, 5.74) is 0. The third-order valence-electron chi connectivity index (χ3n) is 2.37. The van der Waals surface area contributed by atoms with Crippen molar-refractivity contribution in [2.45, 2.75) is 13.5 Å². The van der Waals surface area contributed by atoms with Crippen LogP contribution in [-0.4, -0.2) is 39.2 Å². The normalized spacial score (nSPS) is 11.0. The predicted octanol–water partition coefficient (Wildman–Crippen LogP) is 1.70. The number of aliphatic carboxylic acids is 1. The second-order valence-corrected chi connectivity index (χ2v) is 4.64. The van der Waals surface area contributed by atoms with Gasteiger partial charge in [0.1, 0.15) is 0 Å². The van der Waals surface area contributed by atoms with Crippen LogP contribution in [0.3, 0.4) is 0 Å². The molecule has 0 aliphatic carbocycles. The summed E-state index contributed by atoms with van der Waals surface area (Å²) in [7, 11) is 0. The standard InChI is InChI=1S/C11H13N3O3S/c1-2-14(7-10(15)16)6-9-12-11(17-13-9)8-4-3-5-18-8/h3-5H,2,6-7H2,1H3,(H,15,16). The van der Waals surface area contributed by atoms with E-state index in [0.717, 1.165) is 4.88 Å². The number of hydrogen-bond acceptors (Lipinski definition) is 6. The molecular formula is C11H13N3O3S. The molecule has 0 saturated carbocycles. The van der Waals surface area contributed by atoms with Crippen molar-refractivity contribution >= 4 is 17.3 Å². The van der Waals surface area contributed by atoms with E-state index < -0.39 is 5.97 Å². The van der Waals surface area contributed by atoms with E-state index in [4.69, 9.17) is 9.63 Å². The van der Waals surface area contributed by atoms with Gasteiger partial charge in [-0.2, -0.15) is 4.98 Å². The Hall–Kier alpha value is -1.73. The molecule has 7 heteroatoms. The van der Waals surface area contributed by atoms with E-state index in [9.17, 15) is 4.79 Å². The van der Waals surface area contributed by atoms with E-state index in [1.807, 2.05) is 24.4 Å². The Bertz CT molecular complexity index is 509. The summed E-state index contributed by atoms with van der Waals surface area (Å²) in [6.07, 6.45) is 0. The lowest BCUT2D eigenvalue weighted by atomic mass is 10.4. The zero-order chi connectivity index (χ0) is 13.0. The van der Waals surface area contributed by atoms with Gasteiger partial charge in [0.05, 0.1) is 18.0 Å². The van der Waals surface area contributed by atoms with Crippen molar-refractivity contribution in [1.29, 1.82) is 0 Å². The van der Waals surface area contributed by atoms with Crippen LogP contribution in [0, 0.1) is 0 Å². The molecule has 0 aliphatic heterocycles. The lowest BCUT2D eigenvalue weighted by Gasteiger charge is -2.14. The predicted molar refractivity (Wildman–Crippen MR) is 66.2 cm³/mol.